The lowest BCUT2D eigenvalue weighted by atomic mass is 9.86. The van der Waals surface area contributed by atoms with Crippen molar-refractivity contribution in [3.05, 3.63) is 99.1 Å². The van der Waals surface area contributed by atoms with E-state index in [2.05, 4.69) is 45.0 Å². The van der Waals surface area contributed by atoms with Gasteiger partial charge in [0, 0.05) is 29.7 Å². The minimum absolute atomic E-state index is 0.0490. The van der Waals surface area contributed by atoms with E-state index in [0.717, 1.165) is 28.2 Å². The second-order valence-corrected chi connectivity index (χ2v) is 9.70. The van der Waals surface area contributed by atoms with Crippen LogP contribution in [0.5, 0.6) is 11.5 Å². The summed E-state index contributed by atoms with van der Waals surface area (Å²) in [5, 5.41) is 18.3. The molecule has 2 atom stereocenters. The van der Waals surface area contributed by atoms with Gasteiger partial charge in [-0.15, -0.1) is 0 Å². The Bertz CT molecular complexity index is 1260. The molecule has 0 aromatic heterocycles. The van der Waals surface area contributed by atoms with Gasteiger partial charge in [0.25, 0.3) is 5.69 Å². The highest BCUT2D eigenvalue weighted by Crippen LogP contribution is 2.48. The van der Waals surface area contributed by atoms with E-state index >= 15 is 0 Å². The average Bonchev–Trinajstić information content (AvgIpc) is 3.28. The van der Waals surface area contributed by atoms with E-state index in [1.165, 1.54) is 11.6 Å². The number of hydrogen-bond acceptors (Lipinski definition) is 6. The summed E-state index contributed by atoms with van der Waals surface area (Å²) in [6.07, 6.45) is 0.198. The molecule has 174 valence electrons. The van der Waals surface area contributed by atoms with Gasteiger partial charge in [-0.3, -0.25) is 10.1 Å². The number of methoxy groups -OCH3 is 1. The summed E-state index contributed by atoms with van der Waals surface area (Å²) in [7, 11) is 1.64. The van der Waals surface area contributed by atoms with Crippen LogP contribution in [0.2, 0.25) is 0 Å². The van der Waals surface area contributed by atoms with Gasteiger partial charge in [-0.25, -0.2) is 5.01 Å². The standard InChI is InChI=1S/C27H27N3O4/c1-27(2,3)19-9-5-18(6-10-19)26-29-24(22-15-20(30(31)32)11-14-25(22)34-26)16-23(28-29)17-7-12-21(33-4)13-8-17/h5-15,24,26H,16H2,1-4H3. The molecule has 3 aromatic carbocycles. The van der Waals surface area contributed by atoms with Crippen molar-refractivity contribution >= 4 is 11.4 Å². The molecule has 0 fully saturated rings. The summed E-state index contributed by atoms with van der Waals surface area (Å²) < 4.78 is 11.7. The lowest BCUT2D eigenvalue weighted by Crippen LogP contribution is -2.33. The summed E-state index contributed by atoms with van der Waals surface area (Å²) >= 11 is 0. The monoisotopic (exact) mass is 457 g/mol. The van der Waals surface area contributed by atoms with Gasteiger partial charge in [0.15, 0.2) is 0 Å². The van der Waals surface area contributed by atoms with Gasteiger partial charge >= 0.3 is 0 Å². The van der Waals surface area contributed by atoms with E-state index in [4.69, 9.17) is 14.6 Å². The first kappa shape index (κ1) is 21.9. The predicted molar refractivity (Wildman–Crippen MR) is 130 cm³/mol. The van der Waals surface area contributed by atoms with Crippen LogP contribution < -0.4 is 9.47 Å². The quantitative estimate of drug-likeness (QED) is 0.347. The van der Waals surface area contributed by atoms with Crippen molar-refractivity contribution in [3.63, 3.8) is 0 Å². The van der Waals surface area contributed by atoms with E-state index in [-0.39, 0.29) is 22.1 Å². The molecule has 2 unspecified atom stereocenters. The summed E-state index contributed by atoms with van der Waals surface area (Å²) in [4.78, 5) is 11.1. The number of benzene rings is 3. The van der Waals surface area contributed by atoms with Crippen molar-refractivity contribution in [3.8, 4) is 11.5 Å². The Morgan fingerprint density at radius 2 is 1.76 bits per heavy atom. The van der Waals surface area contributed by atoms with E-state index < -0.39 is 6.23 Å². The van der Waals surface area contributed by atoms with Crippen LogP contribution >= 0.6 is 0 Å². The van der Waals surface area contributed by atoms with Gasteiger partial charge in [-0.05, 0) is 46.9 Å². The summed E-state index contributed by atoms with van der Waals surface area (Å²) in [5.41, 5.74) is 5.01. The van der Waals surface area contributed by atoms with Crippen LogP contribution in [0.1, 0.15) is 61.7 Å². The molecule has 0 radical (unpaired) electrons. The molecule has 7 heteroatoms. The minimum atomic E-state index is -0.427. The minimum Gasteiger partial charge on any atom is -0.497 e. The number of non-ortho nitro benzene ring substituents is 1. The number of rotatable bonds is 4. The molecule has 7 nitrogen and oxygen atoms in total. The molecule has 0 spiro atoms. The van der Waals surface area contributed by atoms with Gasteiger partial charge in [0.1, 0.15) is 11.5 Å². The van der Waals surface area contributed by atoms with Crippen LogP contribution in [0.25, 0.3) is 0 Å². The highest BCUT2D eigenvalue weighted by Gasteiger charge is 2.41. The number of hydrogen-bond donors (Lipinski definition) is 0. The lowest BCUT2D eigenvalue weighted by Gasteiger charge is -2.38. The lowest BCUT2D eigenvalue weighted by molar-refractivity contribution is -0.385. The van der Waals surface area contributed by atoms with E-state index in [9.17, 15) is 10.1 Å². The van der Waals surface area contributed by atoms with Crippen LogP contribution in [0, 0.1) is 10.1 Å². The number of nitrogens with zero attached hydrogens (tertiary/aromatic N) is 3. The van der Waals surface area contributed by atoms with Crippen LogP contribution in [0.3, 0.4) is 0 Å². The Hall–Kier alpha value is -3.87. The topological polar surface area (TPSA) is 77.2 Å². The van der Waals surface area contributed by atoms with Gasteiger partial charge in [0.05, 0.1) is 23.8 Å². The van der Waals surface area contributed by atoms with Crippen LogP contribution in [-0.4, -0.2) is 22.8 Å². The first-order chi connectivity index (χ1) is 16.2. The molecule has 2 aliphatic rings. The van der Waals surface area contributed by atoms with E-state index in [1.54, 1.807) is 19.2 Å². The van der Waals surface area contributed by atoms with E-state index in [1.807, 2.05) is 29.3 Å². The highest BCUT2D eigenvalue weighted by molar-refractivity contribution is 6.02. The van der Waals surface area contributed by atoms with Gasteiger partial charge in [0.2, 0.25) is 6.23 Å². The Labute approximate surface area is 198 Å². The molecular weight excluding hydrogens is 430 g/mol. The molecule has 0 amide bonds. The molecule has 0 N–H and O–H groups in total. The number of hydrazone groups is 1. The second-order valence-electron chi connectivity index (χ2n) is 9.70. The molecule has 0 saturated carbocycles. The summed E-state index contributed by atoms with van der Waals surface area (Å²) in [6.45, 7) is 6.55. The van der Waals surface area contributed by atoms with Crippen molar-refractivity contribution in [2.24, 2.45) is 5.10 Å². The number of nitro groups is 1. The Kier molecular flexibility index (Phi) is 5.27. The Morgan fingerprint density at radius 1 is 1.06 bits per heavy atom. The maximum absolute atomic E-state index is 11.4. The molecule has 0 saturated heterocycles. The molecule has 3 aromatic rings. The van der Waals surface area contributed by atoms with Gasteiger partial charge < -0.3 is 9.47 Å². The second kappa shape index (κ2) is 8.17. The third-order valence-corrected chi connectivity index (χ3v) is 6.47. The highest BCUT2D eigenvalue weighted by atomic mass is 16.6. The smallest absolute Gasteiger partial charge is 0.270 e. The molecule has 34 heavy (non-hydrogen) atoms. The van der Waals surface area contributed by atoms with Crippen LogP contribution in [-0.2, 0) is 5.41 Å². The first-order valence-corrected chi connectivity index (χ1v) is 11.3. The van der Waals surface area contributed by atoms with Crippen molar-refractivity contribution in [2.75, 3.05) is 7.11 Å². The zero-order valence-electron chi connectivity index (χ0n) is 19.7. The molecule has 0 bridgehead atoms. The SMILES string of the molecule is COc1ccc(C2=NN3C(C2)c2cc([N+](=O)[O-])ccc2OC3c2ccc(C(C)(C)C)cc2)cc1. The fourth-order valence-corrected chi connectivity index (χ4v) is 4.51. The molecule has 0 aliphatic carbocycles. The summed E-state index contributed by atoms with van der Waals surface area (Å²) in [6, 6.07) is 20.9. The third kappa shape index (κ3) is 3.87. The number of ether oxygens (including phenoxy) is 2. The number of fused-ring (bicyclic) bond motifs is 3. The maximum Gasteiger partial charge on any atom is 0.270 e. The van der Waals surface area contributed by atoms with Gasteiger partial charge in [-0.1, -0.05) is 45.0 Å². The molecule has 5 rings (SSSR count). The Morgan fingerprint density at radius 3 is 2.38 bits per heavy atom. The molecule has 2 heterocycles. The maximum atomic E-state index is 11.4. The van der Waals surface area contributed by atoms with Crippen LogP contribution in [0.15, 0.2) is 71.8 Å². The summed E-state index contributed by atoms with van der Waals surface area (Å²) in [5.74, 6) is 1.43. The molecular formula is C27H27N3O4. The fraction of sp³-hybridized carbons (Fsp3) is 0.296. The zero-order chi connectivity index (χ0) is 24.0. The third-order valence-electron chi connectivity index (χ3n) is 6.47. The predicted octanol–water partition coefficient (Wildman–Crippen LogP) is 6.14. The molecule has 2 aliphatic heterocycles. The average molecular weight is 458 g/mol. The normalized spacial score (nSPS) is 19.1. The van der Waals surface area contributed by atoms with Crippen molar-refractivity contribution in [1.29, 1.82) is 0 Å². The van der Waals surface area contributed by atoms with E-state index in [0.29, 0.717) is 12.2 Å². The van der Waals surface area contributed by atoms with Crippen molar-refractivity contribution in [2.45, 2.75) is 44.9 Å². The van der Waals surface area contributed by atoms with Crippen molar-refractivity contribution in [1.82, 2.24) is 5.01 Å². The zero-order valence-corrected chi connectivity index (χ0v) is 19.7. The van der Waals surface area contributed by atoms with Crippen molar-refractivity contribution < 1.29 is 14.4 Å². The van der Waals surface area contributed by atoms with Crippen LogP contribution in [0.4, 0.5) is 5.69 Å². The van der Waals surface area contributed by atoms with Gasteiger partial charge in [-0.2, -0.15) is 5.10 Å². The first-order valence-electron chi connectivity index (χ1n) is 11.3. The number of nitro benzene ring substituents is 1. The largest absolute Gasteiger partial charge is 0.497 e. The Balaban J connectivity index is 1.56. The fourth-order valence-electron chi connectivity index (χ4n) is 4.51.